The molecule has 4 nitrogen and oxygen atoms in total. The standard InChI is InChI=1S/C32H38O4/c1-25(12-13-26-9-5-3-6-10-26)8-4-2-7-11-29(33)20-16-28-17-21-31(35)32(24-28)36-23-22-27-14-18-30(34)19-15-27/h3,5-7,9-11,14-15,17-19,21,24-25,34-35H,2,4,8,12-13,16,20,22-23H2,1H3. The largest absolute Gasteiger partial charge is 0.508 e. The molecule has 190 valence electrons. The van der Waals surface area contributed by atoms with E-state index < -0.39 is 0 Å². The van der Waals surface area contributed by atoms with Crippen molar-refractivity contribution in [3.63, 3.8) is 0 Å². The van der Waals surface area contributed by atoms with Crippen LogP contribution in [0.25, 0.3) is 0 Å². The number of hydrogen-bond donors (Lipinski definition) is 2. The molecule has 0 fully saturated rings. The molecule has 0 heterocycles. The Kier molecular flexibility index (Phi) is 11.1. The molecule has 0 aliphatic carbocycles. The molecule has 3 aromatic carbocycles. The van der Waals surface area contributed by atoms with Gasteiger partial charge in [0, 0.05) is 12.8 Å². The van der Waals surface area contributed by atoms with E-state index in [0.29, 0.717) is 37.5 Å². The summed E-state index contributed by atoms with van der Waals surface area (Å²) in [4.78, 5) is 12.3. The highest BCUT2D eigenvalue weighted by Crippen LogP contribution is 2.27. The van der Waals surface area contributed by atoms with Crippen LogP contribution in [0.15, 0.2) is 84.9 Å². The fraction of sp³-hybridized carbons (Fsp3) is 0.344. The van der Waals surface area contributed by atoms with Gasteiger partial charge >= 0.3 is 0 Å². The lowest BCUT2D eigenvalue weighted by Crippen LogP contribution is -2.02. The van der Waals surface area contributed by atoms with Crippen LogP contribution in [0.3, 0.4) is 0 Å². The zero-order valence-corrected chi connectivity index (χ0v) is 21.2. The van der Waals surface area contributed by atoms with Crippen molar-refractivity contribution in [3.05, 3.63) is 102 Å². The molecule has 0 saturated heterocycles. The summed E-state index contributed by atoms with van der Waals surface area (Å²) >= 11 is 0. The Bertz CT molecular complexity index is 1090. The minimum atomic E-state index is 0.0914. The summed E-state index contributed by atoms with van der Waals surface area (Å²) in [6.07, 6.45) is 10.9. The fourth-order valence-electron chi connectivity index (χ4n) is 4.12. The third kappa shape index (κ3) is 9.99. The Balaban J connectivity index is 1.32. The van der Waals surface area contributed by atoms with Gasteiger partial charge in [0.2, 0.25) is 0 Å². The first-order valence-electron chi connectivity index (χ1n) is 13.0. The molecular weight excluding hydrogens is 448 g/mol. The number of rotatable bonds is 15. The summed E-state index contributed by atoms with van der Waals surface area (Å²) in [5.74, 6) is 1.55. The number of benzene rings is 3. The normalized spacial score (nSPS) is 12.0. The van der Waals surface area contributed by atoms with Crippen LogP contribution in [0.2, 0.25) is 0 Å². The molecule has 4 heteroatoms. The average molecular weight is 487 g/mol. The second kappa shape index (κ2) is 14.8. The SMILES string of the molecule is CC(CCCC=CC(=O)CCc1ccc(O)c(OCCc2ccc(O)cc2)c1)CCc1ccccc1. The predicted octanol–water partition coefficient (Wildman–Crippen LogP) is 7.22. The lowest BCUT2D eigenvalue weighted by molar-refractivity contribution is -0.114. The van der Waals surface area contributed by atoms with E-state index >= 15 is 0 Å². The van der Waals surface area contributed by atoms with E-state index in [4.69, 9.17) is 4.74 Å². The number of allylic oxidation sites excluding steroid dienone is 2. The van der Waals surface area contributed by atoms with Crippen molar-refractivity contribution in [2.75, 3.05) is 6.61 Å². The molecule has 0 amide bonds. The van der Waals surface area contributed by atoms with E-state index in [9.17, 15) is 15.0 Å². The number of aryl methyl sites for hydroxylation is 2. The average Bonchev–Trinajstić information content (AvgIpc) is 2.89. The molecule has 1 atom stereocenters. The van der Waals surface area contributed by atoms with E-state index in [-0.39, 0.29) is 17.3 Å². The van der Waals surface area contributed by atoms with Gasteiger partial charge < -0.3 is 14.9 Å². The van der Waals surface area contributed by atoms with Crippen LogP contribution in [0.1, 0.15) is 55.7 Å². The highest BCUT2D eigenvalue weighted by Gasteiger charge is 2.07. The van der Waals surface area contributed by atoms with Crippen molar-refractivity contribution < 1.29 is 19.7 Å². The molecule has 1 unspecified atom stereocenters. The van der Waals surface area contributed by atoms with Gasteiger partial charge in [-0.05, 0) is 85.1 Å². The number of aromatic hydroxyl groups is 2. The lowest BCUT2D eigenvalue weighted by Gasteiger charge is -2.10. The maximum Gasteiger partial charge on any atom is 0.161 e. The van der Waals surface area contributed by atoms with Gasteiger partial charge in [-0.1, -0.05) is 68.0 Å². The fourth-order valence-corrected chi connectivity index (χ4v) is 4.12. The summed E-state index contributed by atoms with van der Waals surface area (Å²) in [6.45, 7) is 2.72. The molecule has 0 bridgehead atoms. The quantitative estimate of drug-likeness (QED) is 0.176. The van der Waals surface area contributed by atoms with E-state index in [0.717, 1.165) is 30.4 Å². The topological polar surface area (TPSA) is 66.8 Å². The van der Waals surface area contributed by atoms with E-state index in [1.54, 1.807) is 30.3 Å². The predicted molar refractivity (Wildman–Crippen MR) is 146 cm³/mol. The molecular formula is C32H38O4. The van der Waals surface area contributed by atoms with Crippen LogP contribution < -0.4 is 4.74 Å². The van der Waals surface area contributed by atoms with E-state index in [1.165, 1.54) is 18.4 Å². The van der Waals surface area contributed by atoms with Gasteiger partial charge in [-0.15, -0.1) is 0 Å². The van der Waals surface area contributed by atoms with Crippen LogP contribution in [0, 0.1) is 5.92 Å². The Hall–Kier alpha value is -3.53. The third-order valence-corrected chi connectivity index (χ3v) is 6.41. The van der Waals surface area contributed by atoms with Gasteiger partial charge in [0.1, 0.15) is 5.75 Å². The number of carbonyl (C=O) groups is 1. The molecule has 36 heavy (non-hydrogen) atoms. The molecule has 0 saturated carbocycles. The Morgan fingerprint density at radius 2 is 1.58 bits per heavy atom. The van der Waals surface area contributed by atoms with Crippen molar-refractivity contribution in [2.45, 2.75) is 58.3 Å². The summed E-state index contributed by atoms with van der Waals surface area (Å²) in [6, 6.07) is 22.9. The van der Waals surface area contributed by atoms with Crippen LogP contribution >= 0.6 is 0 Å². The van der Waals surface area contributed by atoms with E-state index in [1.807, 2.05) is 24.3 Å². The molecule has 0 radical (unpaired) electrons. The first-order chi connectivity index (χ1) is 17.5. The van der Waals surface area contributed by atoms with Crippen molar-refractivity contribution in [1.82, 2.24) is 0 Å². The van der Waals surface area contributed by atoms with Gasteiger partial charge in [0.15, 0.2) is 17.3 Å². The maximum absolute atomic E-state index is 12.3. The van der Waals surface area contributed by atoms with Crippen molar-refractivity contribution in [3.8, 4) is 17.2 Å². The minimum Gasteiger partial charge on any atom is -0.508 e. The zero-order valence-electron chi connectivity index (χ0n) is 21.2. The van der Waals surface area contributed by atoms with Crippen LogP contribution in [-0.4, -0.2) is 22.6 Å². The molecule has 3 aromatic rings. The maximum atomic E-state index is 12.3. The van der Waals surface area contributed by atoms with Gasteiger partial charge in [-0.3, -0.25) is 4.79 Å². The Morgan fingerprint density at radius 3 is 2.36 bits per heavy atom. The smallest absolute Gasteiger partial charge is 0.161 e. The monoisotopic (exact) mass is 486 g/mol. The number of hydrogen-bond acceptors (Lipinski definition) is 4. The molecule has 0 aliphatic heterocycles. The zero-order chi connectivity index (χ0) is 25.6. The molecule has 3 rings (SSSR count). The van der Waals surface area contributed by atoms with Crippen molar-refractivity contribution in [2.24, 2.45) is 5.92 Å². The second-order valence-electron chi connectivity index (χ2n) is 9.50. The Morgan fingerprint density at radius 1 is 0.861 bits per heavy atom. The molecule has 0 spiro atoms. The highest BCUT2D eigenvalue weighted by atomic mass is 16.5. The van der Waals surface area contributed by atoms with E-state index in [2.05, 4.69) is 37.3 Å². The summed E-state index contributed by atoms with van der Waals surface area (Å²) < 4.78 is 5.76. The number of unbranched alkanes of at least 4 members (excludes halogenated alkanes) is 1. The summed E-state index contributed by atoms with van der Waals surface area (Å²) in [5, 5.41) is 19.5. The number of ether oxygens (including phenoxy) is 1. The highest BCUT2D eigenvalue weighted by molar-refractivity contribution is 5.89. The van der Waals surface area contributed by atoms with Gasteiger partial charge in [0.05, 0.1) is 6.61 Å². The molecule has 0 aliphatic rings. The van der Waals surface area contributed by atoms with Gasteiger partial charge in [-0.25, -0.2) is 0 Å². The lowest BCUT2D eigenvalue weighted by atomic mass is 9.96. The van der Waals surface area contributed by atoms with Crippen LogP contribution in [-0.2, 0) is 24.1 Å². The first-order valence-corrected chi connectivity index (χ1v) is 13.0. The summed E-state index contributed by atoms with van der Waals surface area (Å²) in [7, 11) is 0. The van der Waals surface area contributed by atoms with Crippen molar-refractivity contribution >= 4 is 5.78 Å². The van der Waals surface area contributed by atoms with Gasteiger partial charge in [0.25, 0.3) is 0 Å². The minimum absolute atomic E-state index is 0.0914. The number of ketones is 1. The van der Waals surface area contributed by atoms with Crippen LogP contribution in [0.5, 0.6) is 17.2 Å². The van der Waals surface area contributed by atoms with Gasteiger partial charge in [-0.2, -0.15) is 0 Å². The van der Waals surface area contributed by atoms with Crippen molar-refractivity contribution in [1.29, 1.82) is 0 Å². The van der Waals surface area contributed by atoms with Crippen LogP contribution in [0.4, 0.5) is 0 Å². The molecule has 2 N–H and O–H groups in total. The summed E-state index contributed by atoms with van der Waals surface area (Å²) in [5.41, 5.74) is 3.40. The number of phenols is 2. The number of carbonyl (C=O) groups excluding carboxylic acids is 1. The first kappa shape index (κ1) is 27.1. The molecule has 0 aromatic heterocycles. The number of phenolic OH excluding ortho intramolecular Hbond substituents is 2. The second-order valence-corrected chi connectivity index (χ2v) is 9.50. The Labute approximate surface area is 215 Å². The third-order valence-electron chi connectivity index (χ3n) is 6.41.